The molecule has 0 radical (unpaired) electrons. The maximum atomic E-state index is 13.0. The summed E-state index contributed by atoms with van der Waals surface area (Å²) in [5.41, 5.74) is -1.61. The van der Waals surface area contributed by atoms with Crippen LogP contribution in [0.4, 0.5) is 0 Å². The molecule has 0 bridgehead atoms. The minimum Gasteiger partial charge on any atom is -0.465 e. The summed E-state index contributed by atoms with van der Waals surface area (Å²) in [5.74, 6) is -1.67. The van der Waals surface area contributed by atoms with Gasteiger partial charge in [0.15, 0.2) is 0 Å². The molecule has 9 heteroatoms. The van der Waals surface area contributed by atoms with Crippen molar-refractivity contribution in [2.75, 3.05) is 26.4 Å². The second-order valence-corrected chi connectivity index (χ2v) is 14.3. The Kier molecular flexibility index (Phi) is 7.37. The summed E-state index contributed by atoms with van der Waals surface area (Å²) in [6.07, 6.45) is 5.98. The van der Waals surface area contributed by atoms with Gasteiger partial charge < -0.3 is 28.4 Å². The Hall–Kier alpha value is -1.71. The van der Waals surface area contributed by atoms with Gasteiger partial charge in [-0.25, -0.2) is 0 Å². The van der Waals surface area contributed by atoms with E-state index >= 15 is 0 Å². The Balaban J connectivity index is 1.16. The molecule has 220 valence electrons. The molecule has 0 spiro atoms. The van der Waals surface area contributed by atoms with Crippen molar-refractivity contribution in [2.24, 2.45) is 23.2 Å². The van der Waals surface area contributed by atoms with Crippen molar-refractivity contribution in [3.05, 3.63) is 0 Å². The minimum atomic E-state index is -0.877. The average molecular weight is 551 g/mol. The van der Waals surface area contributed by atoms with Gasteiger partial charge in [0.25, 0.3) is 0 Å². The van der Waals surface area contributed by atoms with Gasteiger partial charge in [0.2, 0.25) is 0 Å². The van der Waals surface area contributed by atoms with E-state index < -0.39 is 5.41 Å². The lowest BCUT2D eigenvalue weighted by atomic mass is 9.76. The molecule has 3 aliphatic heterocycles. The van der Waals surface area contributed by atoms with Crippen molar-refractivity contribution < 1.29 is 42.8 Å². The molecule has 3 heterocycles. The van der Waals surface area contributed by atoms with Gasteiger partial charge in [-0.05, 0) is 92.9 Å². The first-order valence-electron chi connectivity index (χ1n) is 14.7. The molecule has 0 aromatic rings. The smallest absolute Gasteiger partial charge is 0.311 e. The molecule has 5 rings (SSSR count). The third-order valence-corrected chi connectivity index (χ3v) is 10.1. The van der Waals surface area contributed by atoms with Crippen molar-refractivity contribution >= 4 is 17.9 Å². The van der Waals surface area contributed by atoms with E-state index in [-0.39, 0.29) is 84.0 Å². The lowest BCUT2D eigenvalue weighted by Gasteiger charge is -2.35. The Morgan fingerprint density at radius 3 is 1.90 bits per heavy atom. The number of fused-ring (bicyclic) bond motifs is 2. The fraction of sp³-hybridized carbons (Fsp3) is 0.900. The van der Waals surface area contributed by atoms with Gasteiger partial charge in [-0.1, -0.05) is 0 Å². The fourth-order valence-electron chi connectivity index (χ4n) is 6.53. The minimum absolute atomic E-state index is 0.0105. The van der Waals surface area contributed by atoms with Crippen molar-refractivity contribution in [3.8, 4) is 0 Å². The Morgan fingerprint density at radius 1 is 0.769 bits per heavy atom. The van der Waals surface area contributed by atoms with Crippen LogP contribution in [0.2, 0.25) is 0 Å². The zero-order valence-electron chi connectivity index (χ0n) is 24.5. The van der Waals surface area contributed by atoms with Crippen LogP contribution in [0, 0.1) is 23.2 Å². The van der Waals surface area contributed by atoms with Crippen LogP contribution in [0.1, 0.15) is 92.9 Å². The molecule has 0 aromatic carbocycles. The Bertz CT molecular complexity index is 985. The second-order valence-electron chi connectivity index (χ2n) is 14.3. The normalized spacial score (nSPS) is 41.7. The third kappa shape index (κ3) is 6.15. The lowest BCUT2D eigenvalue weighted by Crippen LogP contribution is -2.42. The average Bonchev–Trinajstić information content (AvgIpc) is 3.73. The number of esters is 3. The van der Waals surface area contributed by atoms with E-state index in [1.54, 1.807) is 0 Å². The molecule has 2 aliphatic carbocycles. The van der Waals surface area contributed by atoms with Crippen LogP contribution in [0.25, 0.3) is 0 Å². The third-order valence-electron chi connectivity index (χ3n) is 10.1. The van der Waals surface area contributed by atoms with E-state index in [0.717, 1.165) is 25.7 Å². The predicted octanol–water partition coefficient (Wildman–Crippen LogP) is 4.13. The lowest BCUT2D eigenvalue weighted by molar-refractivity contribution is -0.170. The first-order valence-corrected chi connectivity index (χ1v) is 14.7. The highest BCUT2D eigenvalue weighted by molar-refractivity contribution is 5.74. The van der Waals surface area contributed by atoms with E-state index in [1.807, 2.05) is 27.7 Å². The fourth-order valence-corrected chi connectivity index (χ4v) is 6.53. The van der Waals surface area contributed by atoms with Crippen molar-refractivity contribution in [3.63, 3.8) is 0 Å². The number of rotatable bonds is 9. The van der Waals surface area contributed by atoms with E-state index in [2.05, 4.69) is 13.8 Å². The number of ether oxygens (including phenoxy) is 6. The zero-order valence-corrected chi connectivity index (χ0v) is 24.5. The monoisotopic (exact) mass is 550 g/mol. The van der Waals surface area contributed by atoms with E-state index in [9.17, 15) is 14.4 Å². The first kappa shape index (κ1) is 28.8. The zero-order chi connectivity index (χ0) is 28.3. The number of epoxide rings is 2. The highest BCUT2D eigenvalue weighted by atomic mass is 16.6. The molecule has 2 saturated carbocycles. The van der Waals surface area contributed by atoms with Crippen LogP contribution in [0.5, 0.6) is 0 Å². The summed E-state index contributed by atoms with van der Waals surface area (Å²) in [5, 5.41) is 0. The number of carbonyl (C=O) groups is 3. The molecule has 0 N–H and O–H groups in total. The largest absolute Gasteiger partial charge is 0.465 e. The van der Waals surface area contributed by atoms with E-state index in [4.69, 9.17) is 28.4 Å². The molecular formula is C30H46O9. The van der Waals surface area contributed by atoms with Crippen LogP contribution >= 0.6 is 0 Å². The van der Waals surface area contributed by atoms with Crippen molar-refractivity contribution in [1.29, 1.82) is 0 Å². The molecule has 7 unspecified atom stereocenters. The summed E-state index contributed by atoms with van der Waals surface area (Å²) in [4.78, 5) is 38.8. The quantitative estimate of drug-likeness (QED) is 0.237. The van der Waals surface area contributed by atoms with E-state index in [0.29, 0.717) is 32.3 Å². The molecule has 5 fully saturated rings. The summed E-state index contributed by atoms with van der Waals surface area (Å²) in [6, 6.07) is 0. The Morgan fingerprint density at radius 2 is 1.33 bits per heavy atom. The maximum absolute atomic E-state index is 13.0. The van der Waals surface area contributed by atoms with Crippen molar-refractivity contribution in [2.45, 2.75) is 121 Å². The highest BCUT2D eigenvalue weighted by Crippen LogP contribution is 2.58. The molecular weight excluding hydrogens is 504 g/mol. The summed E-state index contributed by atoms with van der Waals surface area (Å²) in [7, 11) is 0. The summed E-state index contributed by atoms with van der Waals surface area (Å²) < 4.78 is 34.7. The van der Waals surface area contributed by atoms with Gasteiger partial charge in [-0.2, -0.15) is 0 Å². The van der Waals surface area contributed by atoms with Gasteiger partial charge in [0.1, 0.15) is 19.8 Å². The molecule has 9 nitrogen and oxygen atoms in total. The van der Waals surface area contributed by atoms with Crippen LogP contribution in [0.3, 0.4) is 0 Å². The summed E-state index contributed by atoms with van der Waals surface area (Å²) >= 11 is 0. The number of hydrogen-bond acceptors (Lipinski definition) is 9. The predicted molar refractivity (Wildman–Crippen MR) is 140 cm³/mol. The number of hydrogen-bond donors (Lipinski definition) is 0. The molecule has 0 aromatic heterocycles. The van der Waals surface area contributed by atoms with Crippen molar-refractivity contribution in [1.82, 2.24) is 0 Å². The standard InChI is InChI=1S/C30H46O9/c1-26(2)10-7-21(15-37-26)25(33)36-18-27(3,16-34-23(31)19-8-11-28(4)22(13-19)38-28)17-35-24(32)20-9-12-29(5)30(6,14-20)39-29/h19-22H,7-18H2,1-6H3/t19?,20?,21?,22?,27?,28?,29?,30-/m1/s1. The maximum Gasteiger partial charge on any atom is 0.311 e. The molecule has 5 aliphatic rings. The Labute approximate surface area is 231 Å². The van der Waals surface area contributed by atoms with E-state index in [1.165, 1.54) is 0 Å². The van der Waals surface area contributed by atoms with Gasteiger partial charge in [0, 0.05) is 0 Å². The SMILES string of the molecule is CC(COC(=O)C1CCC(C)(C)OC1)(COC(=O)C1CCC2(C)OC2C1)COC(=O)C1CCC2(C)O[C@]2(C)C1. The first-order chi connectivity index (χ1) is 18.2. The highest BCUT2D eigenvalue weighted by Gasteiger charge is 2.66. The molecule has 3 saturated heterocycles. The van der Waals surface area contributed by atoms with Crippen LogP contribution in [-0.2, 0) is 42.8 Å². The van der Waals surface area contributed by atoms with Gasteiger partial charge in [-0.3, -0.25) is 14.4 Å². The molecule has 0 amide bonds. The van der Waals surface area contributed by atoms with Crippen LogP contribution in [-0.4, -0.2) is 72.8 Å². The van der Waals surface area contributed by atoms with Gasteiger partial charge >= 0.3 is 17.9 Å². The van der Waals surface area contributed by atoms with Crippen LogP contribution < -0.4 is 0 Å². The van der Waals surface area contributed by atoms with Crippen LogP contribution in [0.15, 0.2) is 0 Å². The topological polar surface area (TPSA) is 113 Å². The molecule has 8 atom stereocenters. The summed E-state index contributed by atoms with van der Waals surface area (Å²) in [6.45, 7) is 12.3. The second kappa shape index (κ2) is 9.98. The van der Waals surface area contributed by atoms with Gasteiger partial charge in [0.05, 0.1) is 58.3 Å². The molecule has 39 heavy (non-hydrogen) atoms. The van der Waals surface area contributed by atoms with Gasteiger partial charge in [-0.15, -0.1) is 0 Å². The number of carbonyl (C=O) groups excluding carboxylic acids is 3.